The van der Waals surface area contributed by atoms with Crippen LogP contribution in [-0.2, 0) is 11.0 Å². The topological polar surface area (TPSA) is 71.2 Å². The van der Waals surface area contributed by atoms with Crippen molar-refractivity contribution in [2.24, 2.45) is 0 Å². The van der Waals surface area contributed by atoms with E-state index in [1.807, 2.05) is 0 Å². The number of carbonyl (C=O) groups is 1. The number of nitrogens with one attached hydrogen (secondary N) is 1. The Labute approximate surface area is 108 Å². The Kier molecular flexibility index (Phi) is 4.57. The molecule has 0 bridgehead atoms. The number of alkyl halides is 3. The number of halogens is 3. The van der Waals surface area contributed by atoms with Crippen LogP contribution in [0.5, 0.6) is 0 Å². The largest absolute Gasteiger partial charge is 0.433 e. The first-order chi connectivity index (χ1) is 8.75. The molecule has 1 aromatic rings. The highest BCUT2D eigenvalue weighted by molar-refractivity contribution is 5.82. The number of aromatic nitrogens is 1. The van der Waals surface area contributed by atoms with Crippen molar-refractivity contribution in [3.63, 3.8) is 0 Å². The van der Waals surface area contributed by atoms with Crippen LogP contribution in [0.4, 0.5) is 24.5 Å². The SMILES string of the molecule is CCN(C)C(=O)CNc1cc(C(F)(F)F)ncc1N. The number of nitrogens with two attached hydrogens (primary N) is 1. The molecule has 1 aromatic heterocycles. The van der Waals surface area contributed by atoms with Crippen molar-refractivity contribution in [1.82, 2.24) is 9.88 Å². The summed E-state index contributed by atoms with van der Waals surface area (Å²) in [5, 5.41) is 2.58. The summed E-state index contributed by atoms with van der Waals surface area (Å²) in [5.41, 5.74) is 4.55. The van der Waals surface area contributed by atoms with Crippen molar-refractivity contribution in [1.29, 1.82) is 0 Å². The van der Waals surface area contributed by atoms with Crippen molar-refractivity contribution in [2.75, 3.05) is 31.2 Å². The Morgan fingerprint density at radius 1 is 1.53 bits per heavy atom. The number of likely N-dealkylation sites (N-methyl/N-ethyl adjacent to an activating group) is 1. The third kappa shape index (κ3) is 4.01. The monoisotopic (exact) mass is 276 g/mol. The molecule has 0 aliphatic carbocycles. The minimum Gasteiger partial charge on any atom is -0.396 e. The molecule has 0 aromatic carbocycles. The molecule has 0 aliphatic rings. The minimum absolute atomic E-state index is 0.0418. The van der Waals surface area contributed by atoms with Gasteiger partial charge in [0, 0.05) is 13.6 Å². The van der Waals surface area contributed by atoms with E-state index >= 15 is 0 Å². The van der Waals surface area contributed by atoms with Crippen LogP contribution in [0.2, 0.25) is 0 Å². The summed E-state index contributed by atoms with van der Waals surface area (Å²) >= 11 is 0. The summed E-state index contributed by atoms with van der Waals surface area (Å²) in [7, 11) is 1.60. The number of carbonyl (C=O) groups excluding carboxylic acids is 1. The summed E-state index contributed by atoms with van der Waals surface area (Å²) in [5.74, 6) is -0.243. The lowest BCUT2D eigenvalue weighted by atomic mass is 10.2. The van der Waals surface area contributed by atoms with E-state index in [4.69, 9.17) is 5.73 Å². The molecule has 8 heteroatoms. The molecule has 0 saturated heterocycles. The molecule has 106 valence electrons. The van der Waals surface area contributed by atoms with E-state index in [1.165, 1.54) is 4.90 Å². The van der Waals surface area contributed by atoms with Crippen LogP contribution >= 0.6 is 0 Å². The van der Waals surface area contributed by atoms with E-state index in [1.54, 1.807) is 14.0 Å². The van der Waals surface area contributed by atoms with Gasteiger partial charge in [0.15, 0.2) is 0 Å². The number of pyridine rings is 1. The zero-order valence-corrected chi connectivity index (χ0v) is 10.6. The molecule has 0 fully saturated rings. The van der Waals surface area contributed by atoms with Crippen LogP contribution in [0.1, 0.15) is 12.6 Å². The lowest BCUT2D eigenvalue weighted by molar-refractivity contribution is -0.141. The Bertz CT molecular complexity index is 462. The second kappa shape index (κ2) is 5.77. The maximum atomic E-state index is 12.5. The van der Waals surface area contributed by atoms with Crippen molar-refractivity contribution < 1.29 is 18.0 Å². The van der Waals surface area contributed by atoms with E-state index in [0.29, 0.717) is 6.54 Å². The first-order valence-corrected chi connectivity index (χ1v) is 5.56. The summed E-state index contributed by atoms with van der Waals surface area (Å²) in [4.78, 5) is 16.2. The molecule has 19 heavy (non-hydrogen) atoms. The van der Waals surface area contributed by atoms with Gasteiger partial charge >= 0.3 is 6.18 Å². The Balaban J connectivity index is 2.81. The Morgan fingerprint density at radius 3 is 2.68 bits per heavy atom. The molecule has 0 unspecified atom stereocenters. The number of anilines is 2. The van der Waals surface area contributed by atoms with Crippen LogP contribution in [0.25, 0.3) is 0 Å². The number of amides is 1. The molecule has 0 spiro atoms. The quantitative estimate of drug-likeness (QED) is 0.875. The standard InChI is InChI=1S/C11H15F3N4O/c1-3-18(2)10(19)6-16-8-4-9(11(12,13)14)17-5-7(8)15/h4-5H,3,6,15H2,1-2H3,(H,16,17). The molecule has 1 amide bonds. The lowest BCUT2D eigenvalue weighted by Crippen LogP contribution is -2.32. The zero-order valence-electron chi connectivity index (χ0n) is 10.6. The van der Waals surface area contributed by atoms with Gasteiger partial charge < -0.3 is 16.0 Å². The van der Waals surface area contributed by atoms with Gasteiger partial charge in [-0.1, -0.05) is 0 Å². The van der Waals surface area contributed by atoms with Gasteiger partial charge in [0.2, 0.25) is 5.91 Å². The van der Waals surface area contributed by atoms with Gasteiger partial charge in [-0.05, 0) is 13.0 Å². The van der Waals surface area contributed by atoms with Crippen LogP contribution in [-0.4, -0.2) is 35.9 Å². The highest BCUT2D eigenvalue weighted by Crippen LogP contribution is 2.30. The molecule has 3 N–H and O–H groups in total. The van der Waals surface area contributed by atoms with E-state index in [0.717, 1.165) is 12.3 Å². The minimum atomic E-state index is -4.55. The van der Waals surface area contributed by atoms with Gasteiger partial charge in [0.05, 0.1) is 24.1 Å². The summed E-state index contributed by atoms with van der Waals surface area (Å²) < 4.78 is 37.4. The van der Waals surface area contributed by atoms with Crippen LogP contribution in [0.3, 0.4) is 0 Å². The van der Waals surface area contributed by atoms with Gasteiger partial charge in [-0.3, -0.25) is 4.79 Å². The van der Waals surface area contributed by atoms with Gasteiger partial charge in [-0.2, -0.15) is 13.2 Å². The summed E-state index contributed by atoms with van der Waals surface area (Å²) in [6.07, 6.45) is -3.63. The normalized spacial score (nSPS) is 11.2. The van der Waals surface area contributed by atoms with Crippen LogP contribution in [0, 0.1) is 0 Å². The third-order valence-corrected chi connectivity index (χ3v) is 2.56. The maximum absolute atomic E-state index is 12.5. The average Bonchev–Trinajstić information content (AvgIpc) is 2.35. The smallest absolute Gasteiger partial charge is 0.396 e. The van der Waals surface area contributed by atoms with Crippen LogP contribution in [0.15, 0.2) is 12.3 Å². The number of rotatable bonds is 4. The van der Waals surface area contributed by atoms with Crippen LogP contribution < -0.4 is 11.1 Å². The second-order valence-corrected chi connectivity index (χ2v) is 3.92. The molecule has 0 saturated carbocycles. The molecule has 0 radical (unpaired) electrons. The Morgan fingerprint density at radius 2 is 2.16 bits per heavy atom. The second-order valence-electron chi connectivity index (χ2n) is 3.92. The maximum Gasteiger partial charge on any atom is 0.433 e. The van der Waals surface area contributed by atoms with E-state index in [2.05, 4.69) is 10.3 Å². The predicted octanol–water partition coefficient (Wildman–Crippen LogP) is 1.57. The number of nitrogen functional groups attached to an aromatic ring is 1. The van der Waals surface area contributed by atoms with E-state index in [9.17, 15) is 18.0 Å². The molecule has 0 aliphatic heterocycles. The zero-order chi connectivity index (χ0) is 14.6. The van der Waals surface area contributed by atoms with Gasteiger partial charge in [0.1, 0.15) is 5.69 Å². The van der Waals surface area contributed by atoms with E-state index in [-0.39, 0.29) is 23.8 Å². The predicted molar refractivity (Wildman–Crippen MR) is 65.5 cm³/mol. The number of hydrogen-bond donors (Lipinski definition) is 2. The average molecular weight is 276 g/mol. The van der Waals surface area contributed by atoms with Gasteiger partial charge in [-0.25, -0.2) is 4.98 Å². The molecular weight excluding hydrogens is 261 g/mol. The summed E-state index contributed by atoms with van der Waals surface area (Å²) in [6, 6.07) is 0.786. The molecule has 1 rings (SSSR count). The lowest BCUT2D eigenvalue weighted by Gasteiger charge is -2.16. The number of hydrogen-bond acceptors (Lipinski definition) is 4. The highest BCUT2D eigenvalue weighted by atomic mass is 19.4. The number of nitrogens with zero attached hydrogens (tertiary/aromatic N) is 2. The first kappa shape index (κ1) is 15.1. The highest BCUT2D eigenvalue weighted by Gasteiger charge is 2.32. The first-order valence-electron chi connectivity index (χ1n) is 5.56. The van der Waals surface area contributed by atoms with Crippen molar-refractivity contribution in [3.05, 3.63) is 18.0 Å². The molecule has 1 heterocycles. The molecular formula is C11H15F3N4O. The van der Waals surface area contributed by atoms with E-state index < -0.39 is 11.9 Å². The molecule has 0 atom stereocenters. The van der Waals surface area contributed by atoms with Gasteiger partial charge in [0.25, 0.3) is 0 Å². The third-order valence-electron chi connectivity index (χ3n) is 2.56. The Hall–Kier alpha value is -1.99. The fraction of sp³-hybridized carbons (Fsp3) is 0.455. The van der Waals surface area contributed by atoms with Crippen molar-refractivity contribution in [2.45, 2.75) is 13.1 Å². The molecule has 5 nitrogen and oxygen atoms in total. The summed E-state index contributed by atoms with van der Waals surface area (Å²) in [6.45, 7) is 2.18. The van der Waals surface area contributed by atoms with Crippen molar-refractivity contribution in [3.8, 4) is 0 Å². The van der Waals surface area contributed by atoms with Crippen molar-refractivity contribution >= 4 is 17.3 Å². The fourth-order valence-electron chi connectivity index (χ4n) is 1.26. The van der Waals surface area contributed by atoms with Gasteiger partial charge in [-0.15, -0.1) is 0 Å². The fourth-order valence-corrected chi connectivity index (χ4v) is 1.26.